The Balaban J connectivity index is 1.53. The van der Waals surface area contributed by atoms with Crippen LogP contribution in [-0.2, 0) is 4.79 Å². The predicted molar refractivity (Wildman–Crippen MR) is 108 cm³/mol. The zero-order valence-corrected chi connectivity index (χ0v) is 16.0. The molecular weight excluding hydrogens is 402 g/mol. The number of nitro benzene ring substituents is 2. The second-order valence-corrected chi connectivity index (χ2v) is 6.91. The minimum Gasteiger partial charge on any atom is -0.369 e. The quantitative estimate of drug-likeness (QED) is 0.564. The van der Waals surface area contributed by atoms with Gasteiger partial charge in [0.2, 0.25) is 5.91 Å². The fourth-order valence-corrected chi connectivity index (χ4v) is 3.23. The molecule has 0 radical (unpaired) electrons. The molecule has 2 aromatic carbocycles. The van der Waals surface area contributed by atoms with Crippen molar-refractivity contribution in [3.8, 4) is 0 Å². The Morgan fingerprint density at radius 2 is 1.55 bits per heavy atom. The number of hydrogen-bond acceptors (Lipinski definition) is 7. The van der Waals surface area contributed by atoms with E-state index in [1.54, 1.807) is 12.1 Å². The van der Waals surface area contributed by atoms with Crippen LogP contribution in [0.3, 0.4) is 0 Å². The number of halogens is 1. The highest BCUT2D eigenvalue weighted by Crippen LogP contribution is 2.26. The number of non-ortho nitro benzene ring substituents is 2. The van der Waals surface area contributed by atoms with Gasteiger partial charge in [0.15, 0.2) is 0 Å². The molecule has 1 heterocycles. The molecule has 1 aliphatic heterocycles. The van der Waals surface area contributed by atoms with E-state index in [0.717, 1.165) is 5.69 Å². The Morgan fingerprint density at radius 1 is 0.966 bits per heavy atom. The molecule has 0 bridgehead atoms. The average Bonchev–Trinajstić information content (AvgIpc) is 2.70. The molecule has 2 aromatic rings. The van der Waals surface area contributed by atoms with Gasteiger partial charge in [-0.15, -0.1) is 0 Å². The first-order chi connectivity index (χ1) is 13.8. The number of nitrogens with zero attached hydrogens (tertiary/aromatic N) is 4. The van der Waals surface area contributed by atoms with Crippen LogP contribution in [0.1, 0.15) is 0 Å². The Kier molecular flexibility index (Phi) is 6.25. The monoisotopic (exact) mass is 419 g/mol. The van der Waals surface area contributed by atoms with Gasteiger partial charge in [-0.2, -0.15) is 0 Å². The number of amides is 1. The molecule has 1 fully saturated rings. The van der Waals surface area contributed by atoms with Gasteiger partial charge < -0.3 is 10.2 Å². The van der Waals surface area contributed by atoms with E-state index >= 15 is 0 Å². The first-order valence-electron chi connectivity index (χ1n) is 8.79. The molecule has 1 amide bonds. The molecule has 0 aliphatic carbocycles. The predicted octanol–water partition coefficient (Wildman–Crippen LogP) is 2.92. The van der Waals surface area contributed by atoms with E-state index < -0.39 is 9.85 Å². The Morgan fingerprint density at radius 3 is 2.14 bits per heavy atom. The summed E-state index contributed by atoms with van der Waals surface area (Å²) in [4.78, 5) is 37.0. The summed E-state index contributed by atoms with van der Waals surface area (Å²) in [5, 5.41) is 24.5. The largest absolute Gasteiger partial charge is 0.369 e. The molecule has 10 nitrogen and oxygen atoms in total. The van der Waals surface area contributed by atoms with Crippen LogP contribution in [0.5, 0.6) is 0 Å². The topological polar surface area (TPSA) is 122 Å². The van der Waals surface area contributed by atoms with Crippen molar-refractivity contribution in [1.82, 2.24) is 4.90 Å². The Hall–Kier alpha value is -3.24. The van der Waals surface area contributed by atoms with Gasteiger partial charge in [-0.1, -0.05) is 11.6 Å². The van der Waals surface area contributed by atoms with Crippen molar-refractivity contribution in [3.63, 3.8) is 0 Å². The summed E-state index contributed by atoms with van der Waals surface area (Å²) >= 11 is 6.01. The molecule has 1 saturated heterocycles. The van der Waals surface area contributed by atoms with Gasteiger partial charge in [0.25, 0.3) is 11.4 Å². The number of nitrogens with one attached hydrogen (secondary N) is 1. The van der Waals surface area contributed by atoms with Crippen LogP contribution in [0.15, 0.2) is 42.5 Å². The lowest BCUT2D eigenvalue weighted by molar-refractivity contribution is -0.385. The number of carbonyl (C=O) groups excluding carboxylic acids is 1. The van der Waals surface area contributed by atoms with Crippen LogP contribution >= 0.6 is 11.6 Å². The summed E-state index contributed by atoms with van der Waals surface area (Å²) < 4.78 is 0. The number of rotatable bonds is 6. The summed E-state index contributed by atoms with van der Waals surface area (Å²) in [6, 6.07) is 10.2. The first-order valence-corrected chi connectivity index (χ1v) is 9.17. The molecule has 11 heteroatoms. The number of benzene rings is 2. The van der Waals surface area contributed by atoms with Gasteiger partial charge in [-0.3, -0.25) is 29.9 Å². The highest BCUT2D eigenvalue weighted by molar-refractivity contribution is 6.33. The van der Waals surface area contributed by atoms with Gasteiger partial charge in [0, 0.05) is 56.1 Å². The molecule has 152 valence electrons. The summed E-state index contributed by atoms with van der Waals surface area (Å²) in [5.74, 6) is -0.309. The van der Waals surface area contributed by atoms with Crippen molar-refractivity contribution in [2.24, 2.45) is 0 Å². The van der Waals surface area contributed by atoms with Crippen molar-refractivity contribution in [3.05, 3.63) is 67.7 Å². The van der Waals surface area contributed by atoms with Crippen LogP contribution < -0.4 is 10.2 Å². The molecule has 1 aliphatic rings. The maximum atomic E-state index is 12.3. The molecule has 1 N–H and O–H groups in total. The number of anilines is 2. The van der Waals surface area contributed by atoms with Crippen molar-refractivity contribution in [2.75, 3.05) is 42.9 Å². The van der Waals surface area contributed by atoms with E-state index in [1.807, 2.05) is 4.90 Å². The third kappa shape index (κ3) is 5.18. The lowest BCUT2D eigenvalue weighted by Crippen LogP contribution is -2.48. The second-order valence-electron chi connectivity index (χ2n) is 6.51. The van der Waals surface area contributed by atoms with Gasteiger partial charge >= 0.3 is 0 Å². The smallest absolute Gasteiger partial charge is 0.271 e. The van der Waals surface area contributed by atoms with Crippen LogP contribution in [0.25, 0.3) is 0 Å². The number of piperazine rings is 1. The first kappa shape index (κ1) is 20.5. The molecule has 0 atom stereocenters. The molecule has 0 spiro atoms. The van der Waals surface area contributed by atoms with E-state index in [0.29, 0.717) is 26.2 Å². The van der Waals surface area contributed by atoms with Crippen molar-refractivity contribution in [2.45, 2.75) is 0 Å². The summed E-state index contributed by atoms with van der Waals surface area (Å²) in [7, 11) is 0. The van der Waals surface area contributed by atoms with Crippen molar-refractivity contribution < 1.29 is 14.6 Å². The zero-order chi connectivity index (χ0) is 21.0. The highest BCUT2D eigenvalue weighted by atomic mass is 35.5. The summed E-state index contributed by atoms with van der Waals surface area (Å²) in [6.45, 7) is 2.73. The van der Waals surface area contributed by atoms with Crippen LogP contribution in [0.4, 0.5) is 22.7 Å². The van der Waals surface area contributed by atoms with Crippen molar-refractivity contribution >= 4 is 40.3 Å². The van der Waals surface area contributed by atoms with E-state index in [9.17, 15) is 25.0 Å². The van der Waals surface area contributed by atoms with Crippen LogP contribution in [0, 0.1) is 20.2 Å². The van der Waals surface area contributed by atoms with E-state index in [1.165, 1.54) is 30.3 Å². The molecule has 0 unspecified atom stereocenters. The van der Waals surface area contributed by atoms with E-state index in [-0.39, 0.29) is 34.5 Å². The molecule has 29 heavy (non-hydrogen) atoms. The van der Waals surface area contributed by atoms with Crippen LogP contribution in [-0.4, -0.2) is 53.4 Å². The minimum atomic E-state index is -0.552. The molecule has 0 saturated carbocycles. The van der Waals surface area contributed by atoms with E-state index in [2.05, 4.69) is 10.2 Å². The number of hydrogen-bond donors (Lipinski definition) is 1. The van der Waals surface area contributed by atoms with Gasteiger partial charge in [-0.25, -0.2) is 0 Å². The maximum absolute atomic E-state index is 12.3. The fourth-order valence-electron chi connectivity index (χ4n) is 3.06. The Bertz CT molecular complexity index is 929. The van der Waals surface area contributed by atoms with E-state index in [4.69, 9.17) is 11.6 Å². The minimum absolute atomic E-state index is 0.0452. The average molecular weight is 420 g/mol. The standard InChI is InChI=1S/C18H18ClN5O5/c19-16-6-5-15(24(28)29)11-17(16)20-18(25)12-21-7-9-22(10-8-21)13-1-3-14(4-2-13)23(26)27/h1-6,11H,7-10,12H2,(H,20,25). The lowest BCUT2D eigenvalue weighted by Gasteiger charge is -2.35. The van der Waals surface area contributed by atoms with Gasteiger partial charge in [-0.05, 0) is 18.2 Å². The number of nitro groups is 2. The number of carbonyl (C=O) groups is 1. The SMILES string of the molecule is O=C(CN1CCN(c2ccc([N+](=O)[O-])cc2)CC1)Nc1cc([N+](=O)[O-])ccc1Cl. The Labute approximate surface area is 171 Å². The van der Waals surface area contributed by atoms with Crippen molar-refractivity contribution in [1.29, 1.82) is 0 Å². The fraction of sp³-hybridized carbons (Fsp3) is 0.278. The maximum Gasteiger partial charge on any atom is 0.271 e. The van der Waals surface area contributed by atoms with Gasteiger partial charge in [0.1, 0.15) is 0 Å². The second kappa shape index (κ2) is 8.84. The molecule has 3 rings (SSSR count). The third-order valence-corrected chi connectivity index (χ3v) is 4.93. The highest BCUT2D eigenvalue weighted by Gasteiger charge is 2.20. The zero-order valence-electron chi connectivity index (χ0n) is 15.3. The molecule has 0 aromatic heterocycles. The molecular formula is C18H18ClN5O5. The third-order valence-electron chi connectivity index (χ3n) is 4.60. The lowest BCUT2D eigenvalue weighted by atomic mass is 10.2. The van der Waals surface area contributed by atoms with Gasteiger partial charge in [0.05, 0.1) is 27.1 Å². The summed E-state index contributed by atoms with van der Waals surface area (Å²) in [6.07, 6.45) is 0. The normalized spacial score (nSPS) is 14.4. The van der Waals surface area contributed by atoms with Crippen LogP contribution in [0.2, 0.25) is 5.02 Å². The summed E-state index contributed by atoms with van der Waals surface area (Å²) in [5.41, 5.74) is 0.990.